The molecule has 0 aliphatic rings. The number of fused-ring (bicyclic) bond motifs is 5. The highest BCUT2D eigenvalue weighted by Gasteiger charge is 2.19. The number of benzene rings is 9. The zero-order valence-electron chi connectivity index (χ0n) is 35.1. The lowest BCUT2D eigenvalue weighted by molar-refractivity contribution is 0.669. The topological polar surface area (TPSA) is 64.7 Å². The molecule has 9 aromatic carbocycles. The molecule has 0 aliphatic heterocycles. The molecule has 304 valence electrons. The Bertz CT molecular complexity index is 3560. The number of para-hydroxylation sites is 1. The standard InChI is InChI=1S/C60H38N4O/c1-4-13-39(14-5-1)42-23-29-45(30-24-42)58-62-59(46-31-25-43(26-32-46)40-15-6-2-7-16-40)64-60(63-58)47-33-27-44(28-34-47)48-19-12-20-50(37-48)56-57-55(51-21-10-11-22-54(51)65-57)52-38-49(35-36-53(52)61-56)41-17-8-3-9-18-41/h1-38H. The van der Waals surface area contributed by atoms with Crippen LogP contribution in [0.4, 0.5) is 0 Å². The average molecular weight is 831 g/mol. The van der Waals surface area contributed by atoms with Crippen LogP contribution in [0, 0.1) is 0 Å². The van der Waals surface area contributed by atoms with Crippen LogP contribution in [0.1, 0.15) is 0 Å². The second kappa shape index (κ2) is 16.2. The van der Waals surface area contributed by atoms with E-state index in [2.05, 4.69) is 200 Å². The molecule has 0 unspecified atom stereocenters. The van der Waals surface area contributed by atoms with Crippen LogP contribution in [0.15, 0.2) is 235 Å². The Morgan fingerprint density at radius 3 is 1.18 bits per heavy atom. The minimum absolute atomic E-state index is 0.604. The molecule has 12 aromatic rings. The van der Waals surface area contributed by atoms with Crippen molar-refractivity contribution in [3.63, 3.8) is 0 Å². The number of hydrogen-bond donors (Lipinski definition) is 0. The summed E-state index contributed by atoms with van der Waals surface area (Å²) in [6, 6.07) is 79.9. The molecule has 5 heteroatoms. The summed E-state index contributed by atoms with van der Waals surface area (Å²) in [5.74, 6) is 1.84. The normalized spacial score (nSPS) is 11.4. The van der Waals surface area contributed by atoms with Crippen molar-refractivity contribution in [2.24, 2.45) is 0 Å². The molecule has 5 nitrogen and oxygen atoms in total. The number of hydrogen-bond acceptors (Lipinski definition) is 5. The van der Waals surface area contributed by atoms with E-state index >= 15 is 0 Å². The Kier molecular flexibility index (Phi) is 9.42. The molecule has 0 N–H and O–H groups in total. The first-order valence-electron chi connectivity index (χ1n) is 21.8. The van der Waals surface area contributed by atoms with E-state index in [0.717, 1.165) is 105 Å². The first-order chi connectivity index (χ1) is 32.2. The number of pyridine rings is 1. The van der Waals surface area contributed by atoms with Gasteiger partial charge in [0, 0.05) is 38.4 Å². The van der Waals surface area contributed by atoms with Gasteiger partial charge in [0.2, 0.25) is 0 Å². The van der Waals surface area contributed by atoms with Crippen molar-refractivity contribution in [1.82, 2.24) is 19.9 Å². The van der Waals surface area contributed by atoms with Gasteiger partial charge in [0.1, 0.15) is 11.3 Å². The average Bonchev–Trinajstić information content (AvgIpc) is 3.79. The van der Waals surface area contributed by atoms with Crippen molar-refractivity contribution in [3.8, 4) is 89.9 Å². The predicted molar refractivity (Wildman–Crippen MR) is 266 cm³/mol. The molecular weight excluding hydrogens is 793 g/mol. The van der Waals surface area contributed by atoms with Crippen LogP contribution in [0.25, 0.3) is 123 Å². The maximum atomic E-state index is 6.66. The summed E-state index contributed by atoms with van der Waals surface area (Å²) in [5.41, 5.74) is 16.1. The van der Waals surface area contributed by atoms with Gasteiger partial charge in [-0.25, -0.2) is 19.9 Å². The van der Waals surface area contributed by atoms with Crippen molar-refractivity contribution in [1.29, 1.82) is 0 Å². The Morgan fingerprint density at radius 2 is 0.646 bits per heavy atom. The van der Waals surface area contributed by atoms with Crippen LogP contribution in [-0.2, 0) is 0 Å². The molecule has 3 heterocycles. The van der Waals surface area contributed by atoms with Gasteiger partial charge in [0.05, 0.1) is 5.52 Å². The summed E-state index contributed by atoms with van der Waals surface area (Å²) in [5, 5.41) is 3.22. The SMILES string of the molecule is c1ccc(-c2ccc(-c3nc(-c4ccc(-c5ccccc5)cc4)nc(-c4ccc(-c5cccc(-c6nc7ccc(-c8ccccc8)cc7c7c6oc6ccccc67)c5)cc4)n3)cc2)cc1. The molecule has 3 aromatic heterocycles. The van der Waals surface area contributed by atoms with Crippen LogP contribution < -0.4 is 0 Å². The highest BCUT2D eigenvalue weighted by molar-refractivity contribution is 6.21. The molecule has 0 fully saturated rings. The quantitative estimate of drug-likeness (QED) is 0.153. The Balaban J connectivity index is 0.915. The van der Waals surface area contributed by atoms with Gasteiger partial charge < -0.3 is 4.42 Å². The summed E-state index contributed by atoms with van der Waals surface area (Å²) < 4.78 is 6.66. The van der Waals surface area contributed by atoms with Gasteiger partial charge in [0.25, 0.3) is 0 Å². The zero-order valence-corrected chi connectivity index (χ0v) is 35.1. The van der Waals surface area contributed by atoms with E-state index in [1.165, 1.54) is 0 Å². The van der Waals surface area contributed by atoms with Crippen molar-refractivity contribution in [3.05, 3.63) is 231 Å². The number of furan rings is 1. The lowest BCUT2D eigenvalue weighted by Crippen LogP contribution is -2.00. The van der Waals surface area contributed by atoms with Gasteiger partial charge >= 0.3 is 0 Å². The van der Waals surface area contributed by atoms with Gasteiger partial charge in [-0.2, -0.15) is 0 Å². The van der Waals surface area contributed by atoms with E-state index in [1.54, 1.807) is 0 Å². The van der Waals surface area contributed by atoms with E-state index < -0.39 is 0 Å². The van der Waals surface area contributed by atoms with Crippen molar-refractivity contribution in [2.45, 2.75) is 0 Å². The fourth-order valence-electron chi connectivity index (χ4n) is 8.80. The zero-order chi connectivity index (χ0) is 43.1. The molecule has 0 amide bonds. The summed E-state index contributed by atoms with van der Waals surface area (Å²) in [7, 11) is 0. The van der Waals surface area contributed by atoms with E-state index in [9.17, 15) is 0 Å². The van der Waals surface area contributed by atoms with Gasteiger partial charge in [-0.05, 0) is 68.8 Å². The third kappa shape index (κ3) is 7.21. The van der Waals surface area contributed by atoms with Crippen LogP contribution in [0.5, 0.6) is 0 Å². The summed E-state index contributed by atoms with van der Waals surface area (Å²) in [6.45, 7) is 0. The predicted octanol–water partition coefficient (Wildman–Crippen LogP) is 15.7. The lowest BCUT2D eigenvalue weighted by atomic mass is 9.97. The fraction of sp³-hybridized carbons (Fsp3) is 0. The molecule has 0 saturated carbocycles. The highest BCUT2D eigenvalue weighted by atomic mass is 16.3. The first kappa shape index (κ1) is 37.9. The number of aromatic nitrogens is 4. The molecule has 0 atom stereocenters. The maximum Gasteiger partial charge on any atom is 0.164 e. The summed E-state index contributed by atoms with van der Waals surface area (Å²) in [4.78, 5) is 20.5. The molecule has 12 rings (SSSR count). The van der Waals surface area contributed by atoms with Crippen molar-refractivity contribution >= 4 is 32.8 Å². The van der Waals surface area contributed by atoms with Crippen molar-refractivity contribution < 1.29 is 4.42 Å². The smallest absolute Gasteiger partial charge is 0.164 e. The molecular formula is C60H38N4O. The monoisotopic (exact) mass is 830 g/mol. The van der Waals surface area contributed by atoms with E-state index in [0.29, 0.717) is 17.5 Å². The van der Waals surface area contributed by atoms with Gasteiger partial charge in [-0.3, -0.25) is 0 Å². The minimum atomic E-state index is 0.604. The van der Waals surface area contributed by atoms with Crippen LogP contribution in [-0.4, -0.2) is 19.9 Å². The Hall–Kier alpha value is -8.80. The molecule has 0 saturated heterocycles. The largest absolute Gasteiger partial charge is 0.454 e. The maximum absolute atomic E-state index is 6.66. The lowest BCUT2D eigenvalue weighted by Gasteiger charge is -2.11. The summed E-state index contributed by atoms with van der Waals surface area (Å²) >= 11 is 0. The number of nitrogens with zero attached hydrogens (tertiary/aromatic N) is 4. The van der Waals surface area contributed by atoms with Gasteiger partial charge in [-0.15, -0.1) is 0 Å². The molecule has 0 spiro atoms. The molecule has 0 bridgehead atoms. The van der Waals surface area contributed by atoms with E-state index in [-0.39, 0.29) is 0 Å². The van der Waals surface area contributed by atoms with E-state index in [1.807, 2.05) is 30.3 Å². The molecule has 65 heavy (non-hydrogen) atoms. The second-order valence-electron chi connectivity index (χ2n) is 16.2. The number of rotatable bonds is 8. The second-order valence-corrected chi connectivity index (χ2v) is 16.2. The molecule has 0 aliphatic carbocycles. The fourth-order valence-corrected chi connectivity index (χ4v) is 8.80. The van der Waals surface area contributed by atoms with E-state index in [4.69, 9.17) is 24.4 Å². The first-order valence-corrected chi connectivity index (χ1v) is 21.8. The van der Waals surface area contributed by atoms with Crippen molar-refractivity contribution in [2.75, 3.05) is 0 Å². The third-order valence-corrected chi connectivity index (χ3v) is 12.2. The van der Waals surface area contributed by atoms with Crippen LogP contribution >= 0.6 is 0 Å². The van der Waals surface area contributed by atoms with Gasteiger partial charge in [-0.1, -0.05) is 206 Å². The molecule has 0 radical (unpaired) electrons. The summed E-state index contributed by atoms with van der Waals surface area (Å²) in [6.07, 6.45) is 0. The Labute approximate surface area is 376 Å². The highest BCUT2D eigenvalue weighted by Crippen LogP contribution is 2.41. The Morgan fingerprint density at radius 1 is 0.262 bits per heavy atom. The van der Waals surface area contributed by atoms with Crippen LogP contribution in [0.2, 0.25) is 0 Å². The minimum Gasteiger partial charge on any atom is -0.454 e. The third-order valence-electron chi connectivity index (χ3n) is 12.2. The van der Waals surface area contributed by atoms with Crippen LogP contribution in [0.3, 0.4) is 0 Å². The van der Waals surface area contributed by atoms with Gasteiger partial charge in [0.15, 0.2) is 23.1 Å².